The van der Waals surface area contributed by atoms with Crippen molar-refractivity contribution < 1.29 is 8.42 Å². The second-order valence-electron chi connectivity index (χ2n) is 5.19. The molecule has 5 nitrogen and oxygen atoms in total. The third kappa shape index (κ3) is 3.86. The Bertz CT molecular complexity index is 541. The summed E-state index contributed by atoms with van der Waals surface area (Å²) in [5.41, 5.74) is 6.98. The van der Waals surface area contributed by atoms with Crippen molar-refractivity contribution in [2.24, 2.45) is 0 Å². The van der Waals surface area contributed by atoms with Crippen molar-refractivity contribution in [3.8, 4) is 0 Å². The first kappa shape index (κ1) is 16.8. The van der Waals surface area contributed by atoms with E-state index in [1.54, 1.807) is 6.07 Å². The van der Waals surface area contributed by atoms with E-state index in [1.807, 2.05) is 6.07 Å². The van der Waals surface area contributed by atoms with Gasteiger partial charge in [-0.25, -0.2) is 12.7 Å². The lowest BCUT2D eigenvalue weighted by molar-refractivity contribution is 0.521. The molecule has 0 aliphatic carbocycles. The lowest BCUT2D eigenvalue weighted by Gasteiger charge is -2.19. The maximum atomic E-state index is 12.2. The van der Waals surface area contributed by atoms with Crippen molar-refractivity contribution in [3.63, 3.8) is 0 Å². The van der Waals surface area contributed by atoms with E-state index in [2.05, 4.69) is 19.2 Å². The van der Waals surface area contributed by atoms with E-state index in [1.165, 1.54) is 24.5 Å². The Morgan fingerprint density at radius 1 is 1.35 bits per heavy atom. The van der Waals surface area contributed by atoms with Gasteiger partial charge in [-0.05, 0) is 25.5 Å². The topological polar surface area (TPSA) is 75.4 Å². The molecule has 0 spiro atoms. The van der Waals surface area contributed by atoms with Crippen molar-refractivity contribution in [1.82, 2.24) is 4.31 Å². The number of nitrogens with zero attached hydrogens (tertiary/aromatic N) is 1. The highest BCUT2D eigenvalue weighted by atomic mass is 32.2. The van der Waals surface area contributed by atoms with E-state index in [4.69, 9.17) is 5.73 Å². The molecule has 0 aromatic heterocycles. The van der Waals surface area contributed by atoms with Crippen LogP contribution in [0.25, 0.3) is 0 Å². The summed E-state index contributed by atoms with van der Waals surface area (Å²) in [4.78, 5) is 0.148. The number of nitrogen functional groups attached to an aromatic ring is 1. The summed E-state index contributed by atoms with van der Waals surface area (Å²) in [6, 6.07) is 5.32. The Kier molecular flexibility index (Phi) is 5.83. The van der Waals surface area contributed by atoms with E-state index in [9.17, 15) is 8.42 Å². The summed E-state index contributed by atoms with van der Waals surface area (Å²) >= 11 is 0. The Morgan fingerprint density at radius 2 is 2.00 bits per heavy atom. The molecule has 1 atom stereocenters. The second-order valence-corrected chi connectivity index (χ2v) is 7.31. The summed E-state index contributed by atoms with van der Waals surface area (Å²) in [5.74, 6) is 0. The Hall–Kier alpha value is -1.27. The zero-order valence-corrected chi connectivity index (χ0v) is 13.5. The average Bonchev–Trinajstić information content (AvgIpc) is 2.38. The molecule has 1 aromatic carbocycles. The van der Waals surface area contributed by atoms with Crippen LogP contribution >= 0.6 is 0 Å². The minimum absolute atomic E-state index is 0.148. The summed E-state index contributed by atoms with van der Waals surface area (Å²) in [5, 5.41) is 3.29. The van der Waals surface area contributed by atoms with Crippen LogP contribution in [0.3, 0.4) is 0 Å². The minimum atomic E-state index is -3.51. The normalized spacial score (nSPS) is 13.4. The van der Waals surface area contributed by atoms with Gasteiger partial charge in [0.25, 0.3) is 0 Å². The van der Waals surface area contributed by atoms with Crippen LogP contribution in [0.15, 0.2) is 23.1 Å². The number of anilines is 2. The van der Waals surface area contributed by atoms with Crippen LogP contribution in [0.2, 0.25) is 0 Å². The molecule has 0 amide bonds. The number of rotatable bonds is 7. The molecular formula is C14H25N3O2S. The van der Waals surface area contributed by atoms with Crippen LogP contribution in [0.5, 0.6) is 0 Å². The number of hydrogen-bond acceptors (Lipinski definition) is 4. The molecule has 0 heterocycles. The van der Waals surface area contributed by atoms with Gasteiger partial charge < -0.3 is 11.1 Å². The molecule has 20 heavy (non-hydrogen) atoms. The number of nitrogens with two attached hydrogens (primary N) is 1. The SMILES string of the molecule is CCCCC(C)Nc1cccc(S(=O)(=O)N(C)C)c1N. The average molecular weight is 299 g/mol. The van der Waals surface area contributed by atoms with Gasteiger partial charge in [-0.2, -0.15) is 0 Å². The monoisotopic (exact) mass is 299 g/mol. The van der Waals surface area contributed by atoms with Crippen LogP contribution in [-0.4, -0.2) is 32.9 Å². The van der Waals surface area contributed by atoms with Crippen molar-refractivity contribution in [1.29, 1.82) is 0 Å². The van der Waals surface area contributed by atoms with Crippen LogP contribution in [0.4, 0.5) is 11.4 Å². The van der Waals surface area contributed by atoms with Gasteiger partial charge in [-0.3, -0.25) is 0 Å². The molecule has 0 saturated carbocycles. The van der Waals surface area contributed by atoms with E-state index in [0.717, 1.165) is 19.3 Å². The number of nitrogens with one attached hydrogen (secondary N) is 1. The summed E-state index contributed by atoms with van der Waals surface area (Å²) < 4.78 is 25.5. The Balaban J connectivity index is 3.02. The standard InChI is InChI=1S/C14H25N3O2S/c1-5-6-8-11(2)16-12-9-7-10-13(14(12)15)20(18,19)17(3)4/h7,9-11,16H,5-6,8,15H2,1-4H3. The first-order valence-electron chi connectivity index (χ1n) is 6.88. The summed E-state index contributed by atoms with van der Waals surface area (Å²) in [7, 11) is -0.517. The lowest BCUT2D eigenvalue weighted by Crippen LogP contribution is -2.24. The molecule has 0 saturated heterocycles. The fraction of sp³-hybridized carbons (Fsp3) is 0.571. The van der Waals surface area contributed by atoms with Gasteiger partial charge in [-0.1, -0.05) is 25.8 Å². The zero-order chi connectivity index (χ0) is 15.3. The molecular weight excluding hydrogens is 274 g/mol. The Morgan fingerprint density at radius 3 is 2.55 bits per heavy atom. The highest BCUT2D eigenvalue weighted by molar-refractivity contribution is 7.89. The van der Waals surface area contributed by atoms with Crippen molar-refractivity contribution in [2.45, 2.75) is 44.0 Å². The quantitative estimate of drug-likeness (QED) is 0.759. The van der Waals surface area contributed by atoms with Crippen molar-refractivity contribution in [3.05, 3.63) is 18.2 Å². The number of sulfonamides is 1. The predicted molar refractivity (Wildman–Crippen MR) is 84.3 cm³/mol. The van der Waals surface area contributed by atoms with E-state index in [0.29, 0.717) is 5.69 Å². The minimum Gasteiger partial charge on any atom is -0.396 e. The van der Waals surface area contributed by atoms with E-state index >= 15 is 0 Å². The molecule has 1 aromatic rings. The van der Waals surface area contributed by atoms with Gasteiger partial charge in [0.2, 0.25) is 10.0 Å². The van der Waals surface area contributed by atoms with Crippen molar-refractivity contribution >= 4 is 21.4 Å². The van der Waals surface area contributed by atoms with Crippen LogP contribution in [0, 0.1) is 0 Å². The smallest absolute Gasteiger partial charge is 0.244 e. The predicted octanol–water partition coefficient (Wildman–Crippen LogP) is 2.51. The molecule has 0 radical (unpaired) electrons. The van der Waals surface area contributed by atoms with Crippen molar-refractivity contribution in [2.75, 3.05) is 25.1 Å². The fourth-order valence-electron chi connectivity index (χ4n) is 1.94. The molecule has 0 fully saturated rings. The highest BCUT2D eigenvalue weighted by Crippen LogP contribution is 2.29. The van der Waals surface area contributed by atoms with Gasteiger partial charge in [0.05, 0.1) is 11.4 Å². The number of benzene rings is 1. The third-order valence-electron chi connectivity index (χ3n) is 3.22. The largest absolute Gasteiger partial charge is 0.396 e. The van der Waals surface area contributed by atoms with Gasteiger partial charge >= 0.3 is 0 Å². The summed E-state index contributed by atoms with van der Waals surface area (Å²) in [6.45, 7) is 4.22. The molecule has 1 rings (SSSR count). The maximum absolute atomic E-state index is 12.2. The van der Waals surface area contributed by atoms with Gasteiger partial charge in [-0.15, -0.1) is 0 Å². The van der Waals surface area contributed by atoms with Crippen LogP contribution in [-0.2, 0) is 10.0 Å². The molecule has 6 heteroatoms. The molecule has 1 unspecified atom stereocenters. The van der Waals surface area contributed by atoms with Gasteiger partial charge in [0.1, 0.15) is 4.90 Å². The molecule has 0 aliphatic rings. The highest BCUT2D eigenvalue weighted by Gasteiger charge is 2.21. The number of hydrogen-bond donors (Lipinski definition) is 2. The second kappa shape index (κ2) is 6.95. The lowest BCUT2D eigenvalue weighted by atomic mass is 10.1. The molecule has 0 bridgehead atoms. The van der Waals surface area contributed by atoms with Gasteiger partial charge in [0, 0.05) is 20.1 Å². The van der Waals surface area contributed by atoms with Crippen LogP contribution < -0.4 is 11.1 Å². The first-order valence-corrected chi connectivity index (χ1v) is 8.32. The number of unbranched alkanes of at least 4 members (excludes halogenated alkanes) is 1. The molecule has 0 aliphatic heterocycles. The van der Waals surface area contributed by atoms with E-state index < -0.39 is 10.0 Å². The summed E-state index contributed by atoms with van der Waals surface area (Å²) in [6.07, 6.45) is 3.29. The fourth-order valence-corrected chi connectivity index (χ4v) is 2.97. The zero-order valence-electron chi connectivity index (χ0n) is 12.7. The van der Waals surface area contributed by atoms with E-state index in [-0.39, 0.29) is 16.6 Å². The first-order chi connectivity index (χ1) is 9.30. The molecule has 3 N–H and O–H groups in total. The Labute approximate surface area is 122 Å². The van der Waals surface area contributed by atoms with Gasteiger partial charge in [0.15, 0.2) is 0 Å². The third-order valence-corrected chi connectivity index (χ3v) is 5.09. The maximum Gasteiger partial charge on any atom is 0.244 e. The van der Waals surface area contributed by atoms with Crippen LogP contribution in [0.1, 0.15) is 33.1 Å². The molecule has 114 valence electrons. The number of para-hydroxylation sites is 1.